The van der Waals surface area contributed by atoms with Gasteiger partial charge in [-0.15, -0.1) is 0 Å². The van der Waals surface area contributed by atoms with Crippen molar-refractivity contribution in [3.8, 4) is 5.75 Å². The molecule has 0 saturated heterocycles. The van der Waals surface area contributed by atoms with Gasteiger partial charge in [0, 0.05) is 30.7 Å². The molecule has 0 amide bonds. The van der Waals surface area contributed by atoms with Crippen LogP contribution in [0.2, 0.25) is 0 Å². The van der Waals surface area contributed by atoms with Gasteiger partial charge in [-0.2, -0.15) is 0 Å². The number of hydrogen-bond acceptors (Lipinski definition) is 2. The highest BCUT2D eigenvalue weighted by atomic mass is 32.1. The van der Waals surface area contributed by atoms with Crippen LogP contribution in [0.25, 0.3) is 0 Å². The number of hydrogen-bond donors (Lipinski definition) is 1. The zero-order chi connectivity index (χ0) is 15.5. The van der Waals surface area contributed by atoms with Crippen molar-refractivity contribution in [3.63, 3.8) is 0 Å². The third kappa shape index (κ3) is 2.95. The molecular formula is C17H21N3OS. The van der Waals surface area contributed by atoms with Crippen molar-refractivity contribution < 1.29 is 4.74 Å². The lowest BCUT2D eigenvalue weighted by molar-refractivity contribution is 0.276. The molecule has 0 saturated carbocycles. The molecule has 0 radical (unpaired) electrons. The van der Waals surface area contributed by atoms with Gasteiger partial charge >= 0.3 is 0 Å². The Bertz CT molecular complexity index is 650. The number of ether oxygens (including phenoxy) is 1. The molecule has 3 rings (SSSR count). The molecular weight excluding hydrogens is 294 g/mol. The molecule has 2 heterocycles. The first kappa shape index (κ1) is 14.9. The third-order valence-electron chi connectivity index (χ3n) is 4.02. The van der Waals surface area contributed by atoms with Crippen LogP contribution in [-0.2, 0) is 6.54 Å². The smallest absolute Gasteiger partial charge is 0.174 e. The quantitative estimate of drug-likeness (QED) is 0.875. The molecule has 1 N–H and O–H groups in total. The number of anilines is 1. The summed E-state index contributed by atoms with van der Waals surface area (Å²) in [6.07, 6.45) is 2.13. The van der Waals surface area contributed by atoms with Crippen molar-refractivity contribution >= 4 is 23.0 Å². The van der Waals surface area contributed by atoms with Crippen molar-refractivity contribution in [3.05, 3.63) is 48.3 Å². The first-order valence-corrected chi connectivity index (χ1v) is 8.05. The number of rotatable bonds is 3. The van der Waals surface area contributed by atoms with Crippen LogP contribution in [0.15, 0.2) is 42.6 Å². The highest BCUT2D eigenvalue weighted by Crippen LogP contribution is 2.26. The molecule has 1 aromatic heterocycles. The number of benzene rings is 1. The Balaban J connectivity index is 1.67. The zero-order valence-electron chi connectivity index (χ0n) is 13.0. The van der Waals surface area contributed by atoms with Crippen LogP contribution < -0.4 is 10.1 Å². The van der Waals surface area contributed by atoms with Crippen molar-refractivity contribution in [2.24, 2.45) is 0 Å². The average Bonchev–Trinajstić information content (AvgIpc) is 2.99. The van der Waals surface area contributed by atoms with Crippen molar-refractivity contribution in [2.45, 2.75) is 26.4 Å². The van der Waals surface area contributed by atoms with Gasteiger partial charge in [-0.05, 0) is 62.5 Å². The maximum atomic E-state index is 5.59. The molecule has 5 heteroatoms. The summed E-state index contributed by atoms with van der Waals surface area (Å²) in [6, 6.07) is 12.4. The SMILES string of the molecule is CCOc1ccc(NC(=S)N2CCn3cccc3[C@@H]2C)cc1. The number of aromatic nitrogens is 1. The van der Waals surface area contributed by atoms with Crippen molar-refractivity contribution in [1.82, 2.24) is 9.47 Å². The molecule has 0 unspecified atom stereocenters. The van der Waals surface area contributed by atoms with Crippen LogP contribution in [0.4, 0.5) is 5.69 Å². The van der Waals surface area contributed by atoms with Gasteiger partial charge in [0.1, 0.15) is 5.75 Å². The molecule has 0 aliphatic carbocycles. The largest absolute Gasteiger partial charge is 0.494 e. The topological polar surface area (TPSA) is 29.4 Å². The van der Waals surface area contributed by atoms with Gasteiger partial charge in [0.05, 0.1) is 12.6 Å². The van der Waals surface area contributed by atoms with E-state index in [0.29, 0.717) is 6.61 Å². The van der Waals surface area contributed by atoms with E-state index in [-0.39, 0.29) is 6.04 Å². The van der Waals surface area contributed by atoms with Crippen LogP contribution in [0.3, 0.4) is 0 Å². The Morgan fingerprint density at radius 2 is 2.05 bits per heavy atom. The second-order valence-electron chi connectivity index (χ2n) is 5.38. The molecule has 2 aromatic rings. The maximum absolute atomic E-state index is 5.59. The number of nitrogens with zero attached hydrogens (tertiary/aromatic N) is 2. The predicted octanol–water partition coefficient (Wildman–Crippen LogP) is 3.66. The maximum Gasteiger partial charge on any atom is 0.174 e. The average molecular weight is 315 g/mol. The minimum atomic E-state index is 0.284. The fraction of sp³-hybridized carbons (Fsp3) is 0.353. The molecule has 0 spiro atoms. The van der Waals surface area contributed by atoms with Gasteiger partial charge in [0.25, 0.3) is 0 Å². The number of thiocarbonyl (C=S) groups is 1. The Morgan fingerprint density at radius 1 is 1.27 bits per heavy atom. The minimum Gasteiger partial charge on any atom is -0.494 e. The van der Waals surface area contributed by atoms with Crippen LogP contribution >= 0.6 is 12.2 Å². The van der Waals surface area contributed by atoms with E-state index in [1.54, 1.807) is 0 Å². The Hall–Kier alpha value is -2.01. The van der Waals surface area contributed by atoms with E-state index in [2.05, 4.69) is 40.0 Å². The molecule has 0 fully saturated rings. The molecule has 0 bridgehead atoms. The summed E-state index contributed by atoms with van der Waals surface area (Å²) in [5.74, 6) is 0.878. The normalized spacial score (nSPS) is 17.0. The van der Waals surface area contributed by atoms with E-state index in [1.807, 2.05) is 31.2 Å². The number of nitrogens with one attached hydrogen (secondary N) is 1. The second-order valence-corrected chi connectivity index (χ2v) is 5.77. The molecule has 1 aromatic carbocycles. The van der Waals surface area contributed by atoms with Crippen molar-refractivity contribution in [1.29, 1.82) is 0 Å². The van der Waals surface area contributed by atoms with Crippen LogP contribution in [0.1, 0.15) is 25.6 Å². The highest BCUT2D eigenvalue weighted by molar-refractivity contribution is 7.80. The van der Waals surface area contributed by atoms with Crippen molar-refractivity contribution in [2.75, 3.05) is 18.5 Å². The predicted molar refractivity (Wildman–Crippen MR) is 93.4 cm³/mol. The van der Waals surface area contributed by atoms with E-state index in [4.69, 9.17) is 17.0 Å². The van der Waals surface area contributed by atoms with Crippen LogP contribution in [0.5, 0.6) is 5.75 Å². The fourth-order valence-corrected chi connectivity index (χ4v) is 3.22. The van der Waals surface area contributed by atoms with E-state index in [9.17, 15) is 0 Å². The van der Waals surface area contributed by atoms with Gasteiger partial charge in [0.2, 0.25) is 0 Å². The van der Waals surface area contributed by atoms with Gasteiger partial charge in [-0.25, -0.2) is 0 Å². The van der Waals surface area contributed by atoms with Gasteiger partial charge in [-0.1, -0.05) is 0 Å². The molecule has 1 aliphatic heterocycles. The van der Waals surface area contributed by atoms with Crippen LogP contribution in [-0.4, -0.2) is 27.7 Å². The lowest BCUT2D eigenvalue weighted by Gasteiger charge is -2.36. The third-order valence-corrected chi connectivity index (χ3v) is 4.36. The lowest BCUT2D eigenvalue weighted by Crippen LogP contribution is -2.42. The van der Waals surface area contributed by atoms with E-state index in [1.165, 1.54) is 5.69 Å². The Labute approximate surface area is 136 Å². The van der Waals surface area contributed by atoms with Gasteiger partial charge in [-0.3, -0.25) is 0 Å². The monoisotopic (exact) mass is 315 g/mol. The highest BCUT2D eigenvalue weighted by Gasteiger charge is 2.25. The van der Waals surface area contributed by atoms with E-state index < -0.39 is 0 Å². The first-order valence-electron chi connectivity index (χ1n) is 7.64. The summed E-state index contributed by atoms with van der Waals surface area (Å²) in [7, 11) is 0. The Morgan fingerprint density at radius 3 is 2.77 bits per heavy atom. The molecule has 4 nitrogen and oxygen atoms in total. The molecule has 1 atom stereocenters. The van der Waals surface area contributed by atoms with E-state index in [0.717, 1.165) is 29.6 Å². The molecule has 22 heavy (non-hydrogen) atoms. The summed E-state index contributed by atoms with van der Waals surface area (Å²) in [4.78, 5) is 2.24. The summed E-state index contributed by atoms with van der Waals surface area (Å²) in [5, 5.41) is 4.09. The zero-order valence-corrected chi connectivity index (χ0v) is 13.8. The minimum absolute atomic E-state index is 0.284. The fourth-order valence-electron chi connectivity index (χ4n) is 2.85. The first-order chi connectivity index (χ1) is 10.7. The Kier molecular flexibility index (Phi) is 4.34. The summed E-state index contributed by atoms with van der Waals surface area (Å²) < 4.78 is 7.75. The summed E-state index contributed by atoms with van der Waals surface area (Å²) >= 11 is 5.59. The lowest BCUT2D eigenvalue weighted by atomic mass is 10.1. The van der Waals surface area contributed by atoms with Crippen LogP contribution in [0, 0.1) is 0 Å². The second kappa shape index (κ2) is 6.40. The van der Waals surface area contributed by atoms with Gasteiger partial charge < -0.3 is 19.5 Å². The summed E-state index contributed by atoms with van der Waals surface area (Å²) in [5.41, 5.74) is 2.30. The molecule has 116 valence electrons. The molecule has 1 aliphatic rings. The number of fused-ring (bicyclic) bond motifs is 1. The standard InChI is InChI=1S/C17H21N3OS/c1-3-21-15-8-6-14(7-9-15)18-17(22)20-12-11-19-10-4-5-16(19)13(20)2/h4-10,13H,3,11-12H2,1-2H3,(H,18,22)/t13-/m0/s1. The van der Waals surface area contributed by atoms with E-state index >= 15 is 0 Å². The summed E-state index contributed by atoms with van der Waals surface area (Å²) in [6.45, 7) is 6.74. The van der Waals surface area contributed by atoms with Gasteiger partial charge in [0.15, 0.2) is 5.11 Å².